The fourth-order valence-corrected chi connectivity index (χ4v) is 3.83. The van der Waals surface area contributed by atoms with Crippen LogP contribution in [-0.4, -0.2) is 27.8 Å². The Morgan fingerprint density at radius 1 is 1.07 bits per heavy atom. The Bertz CT molecular complexity index is 963. The normalized spacial score (nSPS) is 18.6. The van der Waals surface area contributed by atoms with E-state index in [-0.39, 0.29) is 18.0 Å². The highest BCUT2D eigenvalue weighted by molar-refractivity contribution is 5.92. The van der Waals surface area contributed by atoms with Gasteiger partial charge in [0.15, 0.2) is 0 Å². The molecule has 1 aliphatic heterocycles. The third-order valence-electron chi connectivity index (χ3n) is 5.36. The van der Waals surface area contributed by atoms with Gasteiger partial charge in [-0.15, -0.1) is 0 Å². The number of ether oxygens (including phenoxy) is 1. The van der Waals surface area contributed by atoms with Gasteiger partial charge in [0, 0.05) is 6.42 Å². The number of fused-ring (bicyclic) bond motifs is 1. The van der Waals surface area contributed by atoms with Crippen LogP contribution < -0.4 is 9.64 Å². The molecule has 0 radical (unpaired) electrons. The topological polar surface area (TPSA) is 60.2 Å². The summed E-state index contributed by atoms with van der Waals surface area (Å²) in [6.07, 6.45) is 2.68. The van der Waals surface area contributed by atoms with E-state index in [0.29, 0.717) is 12.4 Å². The monoisotopic (exact) mass is 376 g/mol. The minimum absolute atomic E-state index is 0.0195. The van der Waals surface area contributed by atoms with Crippen LogP contribution in [-0.2, 0) is 4.79 Å². The van der Waals surface area contributed by atoms with Gasteiger partial charge in [-0.2, -0.15) is 10.1 Å². The molecule has 1 amide bonds. The summed E-state index contributed by atoms with van der Waals surface area (Å²) in [7, 11) is 1.65. The van der Waals surface area contributed by atoms with Crippen LogP contribution in [0, 0.1) is 6.92 Å². The molecule has 1 aromatic heterocycles. The summed E-state index contributed by atoms with van der Waals surface area (Å²) in [6, 6.07) is 16.3. The molecule has 6 nitrogen and oxygen atoms in total. The Labute approximate surface area is 164 Å². The molecule has 2 aromatic carbocycles. The third kappa shape index (κ3) is 3.15. The van der Waals surface area contributed by atoms with Gasteiger partial charge in [0.2, 0.25) is 11.9 Å². The molecular formula is C22H24N4O2. The number of amides is 1. The Hall–Kier alpha value is -3.15. The highest BCUT2D eigenvalue weighted by Gasteiger charge is 2.38. The summed E-state index contributed by atoms with van der Waals surface area (Å²) in [4.78, 5) is 19.1. The van der Waals surface area contributed by atoms with Crippen LogP contribution in [0.3, 0.4) is 0 Å². The number of methoxy groups -OCH3 is 1. The van der Waals surface area contributed by atoms with Crippen molar-refractivity contribution in [3.63, 3.8) is 0 Å². The minimum Gasteiger partial charge on any atom is -0.497 e. The van der Waals surface area contributed by atoms with Gasteiger partial charge in [-0.25, -0.2) is 4.68 Å². The third-order valence-corrected chi connectivity index (χ3v) is 5.36. The highest BCUT2D eigenvalue weighted by atomic mass is 16.5. The van der Waals surface area contributed by atoms with E-state index < -0.39 is 0 Å². The van der Waals surface area contributed by atoms with Crippen LogP contribution in [0.1, 0.15) is 48.5 Å². The van der Waals surface area contributed by atoms with E-state index in [4.69, 9.17) is 4.74 Å². The molecule has 0 aliphatic carbocycles. The van der Waals surface area contributed by atoms with E-state index in [9.17, 15) is 4.79 Å². The molecular weight excluding hydrogens is 352 g/mol. The summed E-state index contributed by atoms with van der Waals surface area (Å²) >= 11 is 0. The number of hydrogen-bond acceptors (Lipinski definition) is 4. The van der Waals surface area contributed by atoms with Crippen molar-refractivity contribution in [2.45, 2.75) is 38.8 Å². The SMILES string of the molecule is CCC(=O)N1c2ncnn2[C@@H](c2ccc(C)cc2)C[C@H]1c1ccc(OC)cc1. The second kappa shape index (κ2) is 7.46. The van der Waals surface area contributed by atoms with Gasteiger partial charge in [0.25, 0.3) is 0 Å². The molecule has 144 valence electrons. The van der Waals surface area contributed by atoms with E-state index in [1.165, 1.54) is 17.5 Å². The fraction of sp³-hybridized carbons (Fsp3) is 0.318. The fourth-order valence-electron chi connectivity index (χ4n) is 3.83. The highest BCUT2D eigenvalue weighted by Crippen LogP contribution is 2.42. The molecule has 0 fully saturated rings. The van der Waals surface area contributed by atoms with Crippen molar-refractivity contribution in [1.29, 1.82) is 0 Å². The van der Waals surface area contributed by atoms with Crippen molar-refractivity contribution < 1.29 is 9.53 Å². The van der Waals surface area contributed by atoms with Crippen molar-refractivity contribution >= 4 is 11.9 Å². The quantitative estimate of drug-likeness (QED) is 0.689. The number of aryl methyl sites for hydroxylation is 1. The summed E-state index contributed by atoms with van der Waals surface area (Å²) in [6.45, 7) is 3.95. The molecule has 0 saturated heterocycles. The Balaban J connectivity index is 1.81. The molecule has 0 saturated carbocycles. The average Bonchev–Trinajstić information content (AvgIpc) is 3.22. The molecule has 4 rings (SSSR count). The van der Waals surface area contributed by atoms with Crippen molar-refractivity contribution in [1.82, 2.24) is 14.8 Å². The van der Waals surface area contributed by atoms with Crippen molar-refractivity contribution in [3.05, 3.63) is 71.5 Å². The number of benzene rings is 2. The lowest BCUT2D eigenvalue weighted by Gasteiger charge is -2.39. The smallest absolute Gasteiger partial charge is 0.231 e. The number of nitrogens with zero attached hydrogens (tertiary/aromatic N) is 4. The number of rotatable bonds is 4. The van der Waals surface area contributed by atoms with E-state index >= 15 is 0 Å². The van der Waals surface area contributed by atoms with Gasteiger partial charge in [-0.3, -0.25) is 9.69 Å². The lowest BCUT2D eigenvalue weighted by molar-refractivity contribution is -0.119. The maximum Gasteiger partial charge on any atom is 0.231 e. The van der Waals surface area contributed by atoms with E-state index in [1.54, 1.807) is 12.0 Å². The first-order chi connectivity index (χ1) is 13.6. The van der Waals surface area contributed by atoms with Crippen LogP contribution in [0.25, 0.3) is 0 Å². The number of carbonyl (C=O) groups is 1. The summed E-state index contributed by atoms with van der Waals surface area (Å²) in [5.74, 6) is 1.44. The zero-order valence-corrected chi connectivity index (χ0v) is 16.4. The minimum atomic E-state index is -0.110. The van der Waals surface area contributed by atoms with Crippen LogP contribution in [0.4, 0.5) is 5.95 Å². The average molecular weight is 376 g/mol. The summed E-state index contributed by atoms with van der Waals surface area (Å²) < 4.78 is 7.16. The maximum absolute atomic E-state index is 12.8. The summed E-state index contributed by atoms with van der Waals surface area (Å²) in [5.41, 5.74) is 3.45. The van der Waals surface area contributed by atoms with Crippen LogP contribution in [0.15, 0.2) is 54.9 Å². The number of hydrogen-bond donors (Lipinski definition) is 0. The molecule has 28 heavy (non-hydrogen) atoms. The standard InChI is InChI=1S/C22H24N4O2/c1-4-21(27)25-19(16-9-11-18(28-3)12-10-16)13-20(26-22(25)23-14-24-26)17-7-5-15(2)6-8-17/h5-12,14,19-20H,4,13H2,1-3H3/t19-,20+/m0/s1. The first-order valence-corrected chi connectivity index (χ1v) is 9.54. The van der Waals surface area contributed by atoms with E-state index in [2.05, 4.69) is 41.3 Å². The van der Waals surface area contributed by atoms with Gasteiger partial charge in [0.1, 0.15) is 12.1 Å². The molecule has 0 spiro atoms. The molecule has 2 atom stereocenters. The summed E-state index contributed by atoms with van der Waals surface area (Å²) in [5, 5.41) is 4.45. The maximum atomic E-state index is 12.8. The number of anilines is 1. The molecule has 6 heteroatoms. The van der Waals surface area contributed by atoms with Gasteiger partial charge in [-0.1, -0.05) is 48.9 Å². The Morgan fingerprint density at radius 3 is 2.36 bits per heavy atom. The van der Waals surface area contributed by atoms with Crippen molar-refractivity contribution in [2.75, 3.05) is 12.0 Å². The zero-order valence-electron chi connectivity index (χ0n) is 16.4. The van der Waals surface area contributed by atoms with Gasteiger partial charge < -0.3 is 4.74 Å². The zero-order chi connectivity index (χ0) is 19.7. The van der Waals surface area contributed by atoms with E-state index in [0.717, 1.165) is 17.7 Å². The lowest BCUT2D eigenvalue weighted by Crippen LogP contribution is -2.42. The van der Waals surface area contributed by atoms with Crippen molar-refractivity contribution in [3.8, 4) is 5.75 Å². The first kappa shape index (κ1) is 18.2. The van der Waals surface area contributed by atoms with Gasteiger partial charge >= 0.3 is 0 Å². The molecule has 1 aliphatic rings. The predicted molar refractivity (Wildman–Crippen MR) is 107 cm³/mol. The molecule has 0 bridgehead atoms. The second-order valence-electron chi connectivity index (χ2n) is 7.07. The number of aromatic nitrogens is 3. The molecule has 0 unspecified atom stereocenters. The Kier molecular flexibility index (Phi) is 4.86. The van der Waals surface area contributed by atoms with Gasteiger partial charge in [0.05, 0.1) is 19.2 Å². The molecule has 0 N–H and O–H groups in total. The largest absolute Gasteiger partial charge is 0.497 e. The van der Waals surface area contributed by atoms with Crippen LogP contribution in [0.2, 0.25) is 0 Å². The van der Waals surface area contributed by atoms with Crippen molar-refractivity contribution in [2.24, 2.45) is 0 Å². The van der Waals surface area contributed by atoms with E-state index in [1.807, 2.05) is 35.9 Å². The molecule has 3 aromatic rings. The first-order valence-electron chi connectivity index (χ1n) is 9.54. The van der Waals surface area contributed by atoms with Crippen LogP contribution in [0.5, 0.6) is 5.75 Å². The Morgan fingerprint density at radius 2 is 1.71 bits per heavy atom. The molecule has 2 heterocycles. The van der Waals surface area contributed by atoms with Crippen LogP contribution >= 0.6 is 0 Å². The number of carbonyl (C=O) groups excluding carboxylic acids is 1. The predicted octanol–water partition coefficient (Wildman–Crippen LogP) is 4.07. The van der Waals surface area contributed by atoms with Gasteiger partial charge in [-0.05, 0) is 36.6 Å². The lowest BCUT2D eigenvalue weighted by atomic mass is 9.91. The second-order valence-corrected chi connectivity index (χ2v) is 7.07.